The van der Waals surface area contributed by atoms with Gasteiger partial charge in [-0.1, -0.05) is 13.5 Å². The molecule has 0 bridgehead atoms. The van der Waals surface area contributed by atoms with Gasteiger partial charge in [-0.15, -0.1) is 0 Å². The molecule has 12 nitrogen and oxygen atoms in total. The molecule has 0 radical (unpaired) electrons. The van der Waals surface area contributed by atoms with Gasteiger partial charge >= 0.3 is 15.6 Å². The van der Waals surface area contributed by atoms with Crippen molar-refractivity contribution in [2.45, 2.75) is 25.4 Å². The van der Waals surface area contributed by atoms with Crippen molar-refractivity contribution in [1.29, 1.82) is 0 Å². The second-order valence-electron chi connectivity index (χ2n) is 6.73. The lowest BCUT2D eigenvalue weighted by molar-refractivity contribution is -0.765. The molecule has 1 saturated heterocycles. The molecule has 14 heteroatoms. The van der Waals surface area contributed by atoms with Crippen LogP contribution in [0.5, 0.6) is 0 Å². The molecular weight excluding hydrogens is 440 g/mol. The molecule has 0 saturated carbocycles. The quantitative estimate of drug-likeness (QED) is 0.171. The van der Waals surface area contributed by atoms with Crippen LogP contribution in [0.4, 0.5) is 0 Å². The first-order valence-electron chi connectivity index (χ1n) is 9.05. The maximum absolute atomic E-state index is 12.0. The summed E-state index contributed by atoms with van der Waals surface area (Å²) in [6.07, 6.45) is 0.772. The van der Waals surface area contributed by atoms with Crippen LogP contribution in [-0.4, -0.2) is 53.9 Å². The van der Waals surface area contributed by atoms with Crippen LogP contribution in [0.1, 0.15) is 18.7 Å². The van der Waals surface area contributed by atoms with Gasteiger partial charge in [0.05, 0.1) is 30.8 Å². The number of rotatable bonds is 11. The Morgan fingerprint density at radius 1 is 1.37 bits per heavy atom. The predicted molar refractivity (Wildman–Crippen MR) is 106 cm³/mol. The molecule has 6 N–H and O–H groups in total. The second kappa shape index (κ2) is 10.4. The monoisotopic (exact) mass is 468 g/mol. The van der Waals surface area contributed by atoms with E-state index in [9.17, 15) is 24.0 Å². The Morgan fingerprint density at radius 3 is 2.67 bits per heavy atom. The summed E-state index contributed by atoms with van der Waals surface area (Å²) >= 11 is 0. The van der Waals surface area contributed by atoms with E-state index in [1.807, 2.05) is 0 Å². The first kappa shape index (κ1) is 25.1. The Labute approximate surface area is 174 Å². The fourth-order valence-electron chi connectivity index (χ4n) is 2.82. The van der Waals surface area contributed by atoms with Crippen LogP contribution >= 0.6 is 15.6 Å². The van der Waals surface area contributed by atoms with Crippen molar-refractivity contribution in [2.24, 2.45) is 11.7 Å². The highest BCUT2D eigenvalue weighted by Crippen LogP contribution is 2.60. The maximum Gasteiger partial charge on any atom is 0.481 e. The van der Waals surface area contributed by atoms with Crippen LogP contribution in [0.15, 0.2) is 31.1 Å². The lowest BCUT2D eigenvalue weighted by Gasteiger charge is -2.18. The number of aliphatic hydroxyl groups is 1. The average Bonchev–Trinajstić information content (AvgIpc) is 2.94. The molecule has 0 spiro atoms. The molecule has 6 atom stereocenters. The largest absolute Gasteiger partial charge is 0.481 e. The number of pyridine rings is 1. The molecule has 1 aliphatic heterocycles. The van der Waals surface area contributed by atoms with E-state index in [1.165, 1.54) is 0 Å². The number of phosphoric acid groups is 2. The molecule has 1 aliphatic rings. The molecular formula is C16H28N3O9P2+. The zero-order chi connectivity index (χ0) is 22.5. The summed E-state index contributed by atoms with van der Waals surface area (Å²) in [4.78, 5) is 19.2. The highest BCUT2D eigenvalue weighted by Gasteiger charge is 2.47. The van der Waals surface area contributed by atoms with Gasteiger partial charge < -0.3 is 30.7 Å². The third-order valence-electron chi connectivity index (χ3n) is 4.39. The van der Waals surface area contributed by atoms with Gasteiger partial charge in [0, 0.05) is 18.3 Å². The number of hydrogen-bond acceptors (Lipinski definition) is 9. The van der Waals surface area contributed by atoms with Crippen molar-refractivity contribution in [2.75, 3.05) is 26.8 Å². The van der Waals surface area contributed by atoms with Crippen LogP contribution in [0.25, 0.3) is 5.70 Å². The summed E-state index contributed by atoms with van der Waals surface area (Å²) in [6, 6.07) is 3.50. The lowest BCUT2D eigenvalue weighted by Crippen LogP contribution is -2.42. The van der Waals surface area contributed by atoms with Gasteiger partial charge in [0.25, 0.3) is 6.23 Å². The summed E-state index contributed by atoms with van der Waals surface area (Å²) < 4.78 is 44.7. The van der Waals surface area contributed by atoms with Crippen molar-refractivity contribution in [3.8, 4) is 0 Å². The Kier molecular flexibility index (Phi) is 8.72. The number of aliphatic hydroxyl groups excluding tert-OH is 1. The third kappa shape index (κ3) is 6.93. The summed E-state index contributed by atoms with van der Waals surface area (Å²) in [5.74, 6) is -0.405. The number of nitrogens with two attached hydrogens (primary N) is 1. The van der Waals surface area contributed by atoms with Crippen LogP contribution in [-0.2, 0) is 27.2 Å². The van der Waals surface area contributed by atoms with E-state index in [2.05, 4.69) is 20.7 Å². The SMILES string of the molecule is C=C(N)c1ccc[n+]([C@@H]2OC(COP(=O)(O)OP(=O)(O)OCCNC)[C@@H](O)[C@H]2C)c1. The zero-order valence-electron chi connectivity index (χ0n) is 16.7. The van der Waals surface area contributed by atoms with Crippen LogP contribution in [0.3, 0.4) is 0 Å². The molecule has 2 heterocycles. The standard InChI is InChI=1S/C16H27N3O9P2/c1-11-15(20)14(27-16(11)19-7-4-5-13(9-19)12(2)17)10-26-30(23,24)28-29(21,22)25-8-6-18-3/h4-5,7,9,11,14-16,18,20H,2,6,8,10,17H2,1,3H3,(H-,21,22,23,24)/p+1/t11-,14?,15+,16-/m1/s1. The number of likely N-dealkylation sites (N-methyl/N-ethyl adjacent to an activating group) is 1. The molecule has 1 aromatic heterocycles. The Morgan fingerprint density at radius 2 is 2.03 bits per heavy atom. The van der Waals surface area contributed by atoms with Crippen molar-refractivity contribution < 1.29 is 46.7 Å². The topological polar surface area (TPSA) is 174 Å². The van der Waals surface area contributed by atoms with Crippen molar-refractivity contribution in [1.82, 2.24) is 5.32 Å². The van der Waals surface area contributed by atoms with Gasteiger partial charge in [-0.25, -0.2) is 9.13 Å². The van der Waals surface area contributed by atoms with E-state index >= 15 is 0 Å². The van der Waals surface area contributed by atoms with Gasteiger partial charge in [0.2, 0.25) is 0 Å². The van der Waals surface area contributed by atoms with Crippen molar-refractivity contribution >= 4 is 21.3 Å². The molecule has 3 unspecified atom stereocenters. The van der Waals surface area contributed by atoms with E-state index in [0.29, 0.717) is 11.3 Å². The van der Waals surface area contributed by atoms with Gasteiger partial charge in [-0.05, 0) is 13.1 Å². The zero-order valence-corrected chi connectivity index (χ0v) is 18.4. The number of nitrogens with zero attached hydrogens (tertiary/aromatic N) is 1. The van der Waals surface area contributed by atoms with E-state index in [-0.39, 0.29) is 13.2 Å². The number of ether oxygens (including phenoxy) is 1. The van der Waals surface area contributed by atoms with Crippen LogP contribution in [0, 0.1) is 5.92 Å². The Balaban J connectivity index is 1.99. The normalized spacial score (nSPS) is 28.0. The second-order valence-corrected chi connectivity index (χ2v) is 9.78. The average molecular weight is 468 g/mol. The first-order chi connectivity index (χ1) is 14.0. The van der Waals surface area contributed by atoms with Gasteiger partial charge in [0.15, 0.2) is 12.4 Å². The Hall–Kier alpha value is -1.17. The summed E-state index contributed by atoms with van der Waals surface area (Å²) in [5.41, 5.74) is 6.74. The third-order valence-corrected chi connectivity index (χ3v) is 7.02. The Bertz CT molecular complexity index is 840. The maximum atomic E-state index is 12.0. The van der Waals surface area contributed by atoms with E-state index in [1.54, 1.807) is 43.1 Å². The molecule has 0 amide bonds. The van der Waals surface area contributed by atoms with Gasteiger partial charge in [-0.2, -0.15) is 8.88 Å². The molecule has 30 heavy (non-hydrogen) atoms. The van der Waals surface area contributed by atoms with Gasteiger partial charge in [0.1, 0.15) is 6.10 Å². The summed E-state index contributed by atoms with van der Waals surface area (Å²) in [6.45, 7) is 4.85. The van der Waals surface area contributed by atoms with Gasteiger partial charge in [-0.3, -0.25) is 9.05 Å². The minimum absolute atomic E-state index is 0.223. The molecule has 1 aromatic rings. The number of nitrogens with one attached hydrogen (secondary N) is 1. The van der Waals surface area contributed by atoms with Crippen LogP contribution in [0.2, 0.25) is 0 Å². The smallest absolute Gasteiger partial charge is 0.399 e. The minimum atomic E-state index is -4.96. The van der Waals surface area contributed by atoms with E-state index in [4.69, 9.17) is 15.0 Å². The first-order valence-corrected chi connectivity index (χ1v) is 12.0. The van der Waals surface area contributed by atoms with Crippen LogP contribution < -0.4 is 15.6 Å². The molecule has 170 valence electrons. The molecule has 2 rings (SSSR count). The summed E-state index contributed by atoms with van der Waals surface area (Å²) in [5, 5.41) is 13.1. The molecule has 0 aromatic carbocycles. The fourth-order valence-corrected chi connectivity index (χ4v) is 4.90. The molecule has 0 aliphatic carbocycles. The number of phosphoric ester groups is 2. The fraction of sp³-hybridized carbons (Fsp3) is 0.562. The molecule has 1 fully saturated rings. The van der Waals surface area contributed by atoms with E-state index in [0.717, 1.165) is 0 Å². The number of hydrogen-bond donors (Lipinski definition) is 5. The highest BCUT2D eigenvalue weighted by molar-refractivity contribution is 7.61. The lowest BCUT2D eigenvalue weighted by atomic mass is 10.0. The predicted octanol–water partition coefficient (Wildman–Crippen LogP) is 0.268. The number of aromatic nitrogens is 1. The van der Waals surface area contributed by atoms with E-state index < -0.39 is 46.6 Å². The highest BCUT2D eigenvalue weighted by atomic mass is 31.3. The minimum Gasteiger partial charge on any atom is -0.399 e. The summed E-state index contributed by atoms with van der Waals surface area (Å²) in [7, 11) is -8.18. The van der Waals surface area contributed by atoms with Crippen molar-refractivity contribution in [3.63, 3.8) is 0 Å². The van der Waals surface area contributed by atoms with Crippen molar-refractivity contribution in [3.05, 3.63) is 36.7 Å².